The van der Waals surface area contributed by atoms with Crippen molar-refractivity contribution in [1.82, 2.24) is 0 Å². The molecule has 0 amide bonds. The van der Waals surface area contributed by atoms with Crippen molar-refractivity contribution >= 4 is 21.4 Å². The SMILES string of the molecule is CCc1c(C)csc1S(N)(=O)=O. The van der Waals surface area contributed by atoms with Gasteiger partial charge < -0.3 is 0 Å². The first-order chi connectivity index (χ1) is 5.46. The molecule has 1 heterocycles. The molecule has 0 atom stereocenters. The second-order valence-corrected chi connectivity index (χ2v) is 5.22. The third-order valence-corrected chi connectivity index (χ3v) is 4.36. The maximum atomic E-state index is 11.0. The van der Waals surface area contributed by atoms with Crippen molar-refractivity contribution in [3.63, 3.8) is 0 Å². The van der Waals surface area contributed by atoms with Gasteiger partial charge >= 0.3 is 0 Å². The molecule has 0 spiro atoms. The van der Waals surface area contributed by atoms with E-state index in [1.165, 1.54) is 11.3 Å². The van der Waals surface area contributed by atoms with Crippen LogP contribution in [-0.4, -0.2) is 8.42 Å². The molecular weight excluding hydrogens is 194 g/mol. The maximum Gasteiger partial charge on any atom is 0.247 e. The summed E-state index contributed by atoms with van der Waals surface area (Å²) in [6.45, 7) is 3.81. The number of hydrogen-bond donors (Lipinski definition) is 1. The minimum absolute atomic E-state index is 0.308. The van der Waals surface area contributed by atoms with Crippen molar-refractivity contribution < 1.29 is 8.42 Å². The molecule has 0 saturated heterocycles. The minimum Gasteiger partial charge on any atom is -0.224 e. The molecule has 0 aromatic carbocycles. The highest BCUT2D eigenvalue weighted by Gasteiger charge is 2.16. The Morgan fingerprint density at radius 2 is 2.17 bits per heavy atom. The molecule has 3 nitrogen and oxygen atoms in total. The molecule has 0 saturated carbocycles. The Labute approximate surface area is 76.3 Å². The van der Waals surface area contributed by atoms with Crippen molar-refractivity contribution in [3.05, 3.63) is 16.5 Å². The van der Waals surface area contributed by atoms with E-state index in [0.717, 1.165) is 11.1 Å². The highest BCUT2D eigenvalue weighted by atomic mass is 32.2. The van der Waals surface area contributed by atoms with Crippen LogP contribution < -0.4 is 5.14 Å². The largest absolute Gasteiger partial charge is 0.247 e. The molecule has 0 fully saturated rings. The van der Waals surface area contributed by atoms with E-state index in [1.54, 1.807) is 0 Å². The van der Waals surface area contributed by atoms with Gasteiger partial charge in [0.2, 0.25) is 10.0 Å². The van der Waals surface area contributed by atoms with Gasteiger partial charge in [-0.1, -0.05) is 6.92 Å². The van der Waals surface area contributed by atoms with Crippen molar-refractivity contribution in [2.45, 2.75) is 24.5 Å². The fourth-order valence-corrected chi connectivity index (χ4v) is 3.31. The smallest absolute Gasteiger partial charge is 0.224 e. The summed E-state index contributed by atoms with van der Waals surface area (Å²) < 4.78 is 22.3. The Morgan fingerprint density at radius 1 is 1.58 bits per heavy atom. The van der Waals surface area contributed by atoms with Crippen LogP contribution in [0.15, 0.2) is 9.59 Å². The standard InChI is InChI=1S/C7H11NO2S2/c1-3-6-5(2)4-11-7(6)12(8,9)10/h4H,3H2,1-2H3,(H2,8,9,10). The van der Waals surface area contributed by atoms with E-state index in [0.29, 0.717) is 10.6 Å². The van der Waals surface area contributed by atoms with Crippen LogP contribution in [0.5, 0.6) is 0 Å². The van der Waals surface area contributed by atoms with Gasteiger partial charge in [-0.3, -0.25) is 0 Å². The van der Waals surface area contributed by atoms with E-state index in [2.05, 4.69) is 0 Å². The topological polar surface area (TPSA) is 60.2 Å². The summed E-state index contributed by atoms with van der Waals surface area (Å²) in [5.74, 6) is 0. The minimum atomic E-state index is -3.51. The highest BCUT2D eigenvalue weighted by molar-refractivity contribution is 7.91. The number of rotatable bonds is 2. The lowest BCUT2D eigenvalue weighted by atomic mass is 10.2. The summed E-state index contributed by atoms with van der Waals surface area (Å²) in [5, 5.41) is 6.85. The Kier molecular flexibility index (Phi) is 2.55. The van der Waals surface area contributed by atoms with Crippen LogP contribution in [0.25, 0.3) is 0 Å². The average Bonchev–Trinajstić information content (AvgIpc) is 2.29. The van der Waals surface area contributed by atoms with Gasteiger partial charge in [0.15, 0.2) is 0 Å². The molecule has 1 rings (SSSR count). The predicted octanol–water partition coefficient (Wildman–Crippen LogP) is 1.27. The first-order valence-corrected chi connectivity index (χ1v) is 5.99. The molecule has 1 aromatic heterocycles. The monoisotopic (exact) mass is 205 g/mol. The number of sulfonamides is 1. The fraction of sp³-hybridized carbons (Fsp3) is 0.429. The van der Waals surface area contributed by atoms with Crippen LogP contribution in [0.1, 0.15) is 18.1 Å². The van der Waals surface area contributed by atoms with Crippen molar-refractivity contribution in [2.24, 2.45) is 5.14 Å². The number of primary sulfonamides is 1. The van der Waals surface area contributed by atoms with E-state index in [9.17, 15) is 8.42 Å². The van der Waals surface area contributed by atoms with E-state index >= 15 is 0 Å². The van der Waals surface area contributed by atoms with E-state index < -0.39 is 10.0 Å². The van der Waals surface area contributed by atoms with Gasteiger partial charge in [-0.25, -0.2) is 13.6 Å². The summed E-state index contributed by atoms with van der Waals surface area (Å²) in [6.07, 6.45) is 0.709. The Bertz CT molecular complexity index is 378. The number of nitrogens with two attached hydrogens (primary N) is 1. The quantitative estimate of drug-likeness (QED) is 0.790. The number of thiophene rings is 1. The zero-order chi connectivity index (χ0) is 9.35. The first kappa shape index (κ1) is 9.70. The maximum absolute atomic E-state index is 11.0. The molecular formula is C7H11NO2S2. The summed E-state index contributed by atoms with van der Waals surface area (Å²) >= 11 is 1.19. The van der Waals surface area contributed by atoms with Crippen LogP contribution in [-0.2, 0) is 16.4 Å². The molecule has 5 heteroatoms. The van der Waals surface area contributed by atoms with Crippen molar-refractivity contribution in [3.8, 4) is 0 Å². The summed E-state index contributed by atoms with van der Waals surface area (Å²) in [6, 6.07) is 0. The highest BCUT2D eigenvalue weighted by Crippen LogP contribution is 2.25. The van der Waals surface area contributed by atoms with E-state index in [4.69, 9.17) is 5.14 Å². The first-order valence-electron chi connectivity index (χ1n) is 3.56. The molecule has 12 heavy (non-hydrogen) atoms. The Hall–Kier alpha value is -0.390. The second-order valence-electron chi connectivity index (χ2n) is 2.58. The molecule has 0 unspecified atom stereocenters. The van der Waals surface area contributed by atoms with Gasteiger partial charge in [0.25, 0.3) is 0 Å². The third-order valence-electron chi connectivity index (χ3n) is 1.68. The Balaban J connectivity index is 3.36. The molecule has 0 radical (unpaired) electrons. The third kappa shape index (κ3) is 1.68. The number of aryl methyl sites for hydroxylation is 1. The summed E-state index contributed by atoms with van der Waals surface area (Å²) in [5.41, 5.74) is 1.86. The van der Waals surface area contributed by atoms with Crippen molar-refractivity contribution in [1.29, 1.82) is 0 Å². The zero-order valence-corrected chi connectivity index (χ0v) is 8.63. The van der Waals surface area contributed by atoms with Crippen LogP contribution in [0.4, 0.5) is 0 Å². The van der Waals surface area contributed by atoms with Gasteiger partial charge in [-0.15, -0.1) is 11.3 Å². The lowest BCUT2D eigenvalue weighted by Crippen LogP contribution is -2.12. The van der Waals surface area contributed by atoms with Gasteiger partial charge in [0, 0.05) is 0 Å². The molecule has 2 N–H and O–H groups in total. The molecule has 68 valence electrons. The molecule has 0 bridgehead atoms. The van der Waals surface area contributed by atoms with Crippen LogP contribution >= 0.6 is 11.3 Å². The lowest BCUT2D eigenvalue weighted by Gasteiger charge is -1.98. The zero-order valence-electron chi connectivity index (χ0n) is 6.99. The van der Waals surface area contributed by atoms with Gasteiger partial charge in [-0.05, 0) is 29.9 Å². The van der Waals surface area contributed by atoms with Crippen LogP contribution in [0.2, 0.25) is 0 Å². The van der Waals surface area contributed by atoms with E-state index in [1.807, 2.05) is 19.2 Å². The van der Waals surface area contributed by atoms with E-state index in [-0.39, 0.29) is 0 Å². The number of hydrogen-bond acceptors (Lipinski definition) is 3. The van der Waals surface area contributed by atoms with Crippen LogP contribution in [0.3, 0.4) is 0 Å². The lowest BCUT2D eigenvalue weighted by molar-refractivity contribution is 0.599. The normalized spacial score (nSPS) is 11.9. The molecule has 0 aliphatic rings. The van der Waals surface area contributed by atoms with Crippen molar-refractivity contribution in [2.75, 3.05) is 0 Å². The molecule has 1 aromatic rings. The fourth-order valence-electron chi connectivity index (χ4n) is 1.11. The molecule has 0 aliphatic carbocycles. The second kappa shape index (κ2) is 3.16. The van der Waals surface area contributed by atoms with Gasteiger partial charge in [-0.2, -0.15) is 0 Å². The average molecular weight is 205 g/mol. The summed E-state index contributed by atoms with van der Waals surface area (Å²) in [7, 11) is -3.51. The van der Waals surface area contributed by atoms with Gasteiger partial charge in [0.1, 0.15) is 4.21 Å². The summed E-state index contributed by atoms with van der Waals surface area (Å²) in [4.78, 5) is 0. The van der Waals surface area contributed by atoms with Crippen LogP contribution in [0, 0.1) is 6.92 Å². The molecule has 0 aliphatic heterocycles. The Morgan fingerprint density at radius 3 is 2.50 bits per heavy atom. The predicted molar refractivity (Wildman–Crippen MR) is 49.8 cm³/mol. The van der Waals surface area contributed by atoms with Gasteiger partial charge in [0.05, 0.1) is 0 Å².